The molecule has 0 radical (unpaired) electrons. The van der Waals surface area contributed by atoms with Gasteiger partial charge in [-0.3, -0.25) is 19.5 Å². The van der Waals surface area contributed by atoms with Gasteiger partial charge in [-0.2, -0.15) is 5.10 Å². The molecule has 0 spiro atoms. The maximum atomic E-state index is 12.5. The summed E-state index contributed by atoms with van der Waals surface area (Å²) in [5.41, 5.74) is 5.78. The molecule has 40 heavy (non-hydrogen) atoms. The van der Waals surface area contributed by atoms with Crippen LogP contribution in [0.2, 0.25) is 0 Å². The van der Waals surface area contributed by atoms with E-state index in [0.29, 0.717) is 24.7 Å². The summed E-state index contributed by atoms with van der Waals surface area (Å²) in [6.45, 7) is 12.5. The Labute approximate surface area is 238 Å². The number of amides is 2. The number of piperidine rings is 1. The molecule has 8 heteroatoms. The Hall–Kier alpha value is -3.68. The van der Waals surface area contributed by atoms with Crippen LogP contribution in [-0.4, -0.2) is 53.6 Å². The van der Waals surface area contributed by atoms with Crippen LogP contribution in [0, 0.1) is 18.8 Å². The third-order valence-electron chi connectivity index (χ3n) is 6.99. The molecule has 0 bridgehead atoms. The zero-order valence-corrected chi connectivity index (χ0v) is 25.0. The molecule has 1 saturated heterocycles. The Morgan fingerprint density at radius 3 is 2.52 bits per heavy atom. The summed E-state index contributed by atoms with van der Waals surface area (Å²) in [4.78, 5) is 34.3. The predicted octanol–water partition coefficient (Wildman–Crippen LogP) is 6.09. The normalized spacial score (nSPS) is 13.8. The largest absolute Gasteiger partial charge is 0.471 e. The Morgan fingerprint density at radius 1 is 1.23 bits per heavy atom. The van der Waals surface area contributed by atoms with Crippen LogP contribution in [0.15, 0.2) is 42.6 Å². The Morgan fingerprint density at radius 2 is 1.90 bits per heavy atom. The van der Waals surface area contributed by atoms with Crippen molar-refractivity contribution in [1.82, 2.24) is 15.1 Å². The first-order valence-electron chi connectivity index (χ1n) is 14.2. The molecule has 0 saturated carbocycles. The van der Waals surface area contributed by atoms with E-state index in [9.17, 15) is 9.59 Å². The third kappa shape index (κ3) is 10.8. The number of carbonyl (C=O) groups excluding carboxylic acids is 3. The second-order valence-electron chi connectivity index (χ2n) is 10.7. The maximum Gasteiger partial charge on any atom is 0.292 e. The molecule has 8 nitrogen and oxygen atoms in total. The molecule has 2 N–H and O–H groups in total. The first-order valence-corrected chi connectivity index (χ1v) is 14.2. The van der Waals surface area contributed by atoms with Crippen LogP contribution in [0.3, 0.4) is 0 Å². The molecule has 1 atom stereocenters. The number of anilines is 1. The van der Waals surface area contributed by atoms with E-state index in [2.05, 4.69) is 71.0 Å². The fourth-order valence-corrected chi connectivity index (χ4v) is 4.91. The molecular weight excluding hydrogens is 504 g/mol. The van der Waals surface area contributed by atoms with Gasteiger partial charge in [0.1, 0.15) is 0 Å². The van der Waals surface area contributed by atoms with Crippen LogP contribution in [0.5, 0.6) is 0 Å². The Balaban J connectivity index is 0.000000278. The first-order chi connectivity index (χ1) is 19.2. The quantitative estimate of drug-likeness (QED) is 0.331. The van der Waals surface area contributed by atoms with Crippen LogP contribution < -0.4 is 5.32 Å². The van der Waals surface area contributed by atoms with Crippen LogP contribution in [0.25, 0.3) is 10.9 Å². The molecule has 1 aliphatic heterocycles. The number of para-hydroxylation sites is 1. The highest BCUT2D eigenvalue weighted by Crippen LogP contribution is 2.23. The summed E-state index contributed by atoms with van der Waals surface area (Å²) in [6.07, 6.45) is 7.87. The molecule has 218 valence electrons. The maximum absolute atomic E-state index is 12.5. The van der Waals surface area contributed by atoms with Gasteiger partial charge in [-0.05, 0) is 73.3 Å². The summed E-state index contributed by atoms with van der Waals surface area (Å²) in [5, 5.41) is 11.1. The standard InChI is InChI=1S/C19H27N3O.C11H15NO.C2H4O2/c1-13-4-6-22(7-5-13)18(23)9-14(2)8-16-10-15(3)19-17(11-16)12-20-21-19;1-3-6-10-7-4-5-8-11(10)12-9(2)13;1-4-2-3/h10-14H,4-9H2,1-3H3,(H,20,21);4-5,7-8H,3,6H2,1-2H3,(H,12,13);2H,1H3. The lowest BCUT2D eigenvalue weighted by Gasteiger charge is -2.31. The number of benzene rings is 2. The van der Waals surface area contributed by atoms with Crippen molar-refractivity contribution in [1.29, 1.82) is 0 Å². The van der Waals surface area contributed by atoms with Gasteiger partial charge in [-0.25, -0.2) is 0 Å². The monoisotopic (exact) mass is 550 g/mol. The zero-order chi connectivity index (χ0) is 29.5. The summed E-state index contributed by atoms with van der Waals surface area (Å²) in [5.74, 6) is 1.45. The van der Waals surface area contributed by atoms with E-state index in [0.717, 1.165) is 67.7 Å². The number of nitrogens with zero attached hydrogens (tertiary/aromatic N) is 2. The van der Waals surface area contributed by atoms with Crippen molar-refractivity contribution in [3.05, 3.63) is 59.3 Å². The van der Waals surface area contributed by atoms with Gasteiger partial charge >= 0.3 is 0 Å². The number of hydrogen-bond donors (Lipinski definition) is 2. The van der Waals surface area contributed by atoms with Crippen molar-refractivity contribution in [2.45, 2.75) is 73.1 Å². The van der Waals surface area contributed by atoms with E-state index in [1.165, 1.54) is 30.7 Å². The average Bonchev–Trinajstić information content (AvgIpc) is 3.40. The molecule has 1 unspecified atom stereocenters. The number of aromatic amines is 1. The van der Waals surface area contributed by atoms with Gasteiger partial charge in [0.05, 0.1) is 18.8 Å². The highest BCUT2D eigenvalue weighted by molar-refractivity contribution is 5.89. The molecule has 2 heterocycles. The number of aromatic nitrogens is 2. The second kappa shape index (κ2) is 17.1. The van der Waals surface area contributed by atoms with E-state index in [1.54, 1.807) is 0 Å². The fraction of sp³-hybridized carbons (Fsp3) is 0.500. The predicted molar refractivity (Wildman–Crippen MR) is 161 cm³/mol. The number of methoxy groups -OCH3 is 1. The van der Waals surface area contributed by atoms with Crippen LogP contribution in [0.4, 0.5) is 5.69 Å². The van der Waals surface area contributed by atoms with Crippen LogP contribution in [-0.2, 0) is 32.0 Å². The summed E-state index contributed by atoms with van der Waals surface area (Å²) in [6, 6.07) is 12.3. The average molecular weight is 551 g/mol. The number of hydrogen-bond acceptors (Lipinski definition) is 5. The Bertz CT molecular complexity index is 1210. The summed E-state index contributed by atoms with van der Waals surface area (Å²) >= 11 is 0. The van der Waals surface area contributed by atoms with Gasteiger partial charge < -0.3 is 15.0 Å². The van der Waals surface area contributed by atoms with Crippen molar-refractivity contribution in [3.63, 3.8) is 0 Å². The van der Waals surface area contributed by atoms with Crippen molar-refractivity contribution < 1.29 is 19.1 Å². The highest BCUT2D eigenvalue weighted by Gasteiger charge is 2.21. The number of likely N-dealkylation sites (tertiary alicyclic amines) is 1. The topological polar surface area (TPSA) is 104 Å². The number of ether oxygens (including phenoxy) is 1. The van der Waals surface area contributed by atoms with Gasteiger partial charge in [0, 0.05) is 37.5 Å². The smallest absolute Gasteiger partial charge is 0.292 e. The minimum absolute atomic E-state index is 0.0106. The van der Waals surface area contributed by atoms with Crippen molar-refractivity contribution in [3.8, 4) is 0 Å². The van der Waals surface area contributed by atoms with E-state index >= 15 is 0 Å². The minimum Gasteiger partial charge on any atom is -0.471 e. The summed E-state index contributed by atoms with van der Waals surface area (Å²) < 4.78 is 3.86. The molecule has 0 aliphatic carbocycles. The molecule has 3 aromatic rings. The molecule has 4 rings (SSSR count). The van der Waals surface area contributed by atoms with E-state index in [-0.39, 0.29) is 5.91 Å². The first kappa shape index (κ1) is 32.5. The third-order valence-corrected chi connectivity index (χ3v) is 6.99. The highest BCUT2D eigenvalue weighted by atomic mass is 16.5. The van der Waals surface area contributed by atoms with Gasteiger partial charge in [-0.15, -0.1) is 0 Å². The minimum atomic E-state index is -0.0106. The second-order valence-corrected chi connectivity index (χ2v) is 10.7. The van der Waals surface area contributed by atoms with Gasteiger partial charge in [0.15, 0.2) is 0 Å². The van der Waals surface area contributed by atoms with E-state index < -0.39 is 0 Å². The van der Waals surface area contributed by atoms with Crippen LogP contribution >= 0.6 is 0 Å². The number of H-pyrrole nitrogens is 1. The lowest BCUT2D eigenvalue weighted by atomic mass is 9.94. The van der Waals surface area contributed by atoms with Crippen LogP contribution in [0.1, 0.15) is 70.1 Å². The number of fused-ring (bicyclic) bond motifs is 1. The molecule has 1 aromatic heterocycles. The van der Waals surface area contributed by atoms with Gasteiger partial charge in [0.25, 0.3) is 6.47 Å². The van der Waals surface area contributed by atoms with E-state index in [4.69, 9.17) is 4.79 Å². The molecule has 1 fully saturated rings. The molecule has 1 aliphatic rings. The Kier molecular flexibility index (Phi) is 13.9. The lowest BCUT2D eigenvalue weighted by molar-refractivity contribution is -0.133. The number of rotatable bonds is 8. The molecule has 2 amide bonds. The molecular formula is C32H46N4O4. The van der Waals surface area contributed by atoms with Gasteiger partial charge in [0.2, 0.25) is 11.8 Å². The van der Waals surface area contributed by atoms with E-state index in [1.807, 2.05) is 24.4 Å². The SMILES string of the molecule is CCCc1ccccc1NC(C)=O.COC=O.Cc1cc(CC(C)CC(=O)N2CCC(C)CC2)cc2cn[nH]c12. The van der Waals surface area contributed by atoms with Gasteiger partial charge in [-0.1, -0.05) is 51.5 Å². The zero-order valence-electron chi connectivity index (χ0n) is 25.0. The lowest BCUT2D eigenvalue weighted by Crippen LogP contribution is -2.38. The molecule has 2 aromatic carbocycles. The summed E-state index contributed by atoms with van der Waals surface area (Å²) in [7, 11) is 1.31. The number of nitrogens with one attached hydrogen (secondary N) is 2. The van der Waals surface area contributed by atoms with Crippen molar-refractivity contribution in [2.75, 3.05) is 25.5 Å². The fourth-order valence-electron chi connectivity index (χ4n) is 4.91. The number of aryl methyl sites for hydroxylation is 2. The van der Waals surface area contributed by atoms with Crippen molar-refractivity contribution >= 4 is 34.9 Å². The van der Waals surface area contributed by atoms with Crippen molar-refractivity contribution in [2.24, 2.45) is 11.8 Å². The number of carbonyl (C=O) groups is 3.